The molecule has 0 spiro atoms. The highest BCUT2D eigenvalue weighted by Crippen LogP contribution is 2.17. The molecule has 110 valence electrons. The topological polar surface area (TPSA) is 86.7 Å². The molecule has 0 saturated carbocycles. The average Bonchev–Trinajstić information content (AvgIpc) is 2.73. The molecule has 1 saturated heterocycles. The Morgan fingerprint density at radius 2 is 2.15 bits per heavy atom. The van der Waals surface area contributed by atoms with Crippen LogP contribution in [-0.2, 0) is 10.0 Å². The Labute approximate surface area is 118 Å². The number of likely N-dealkylation sites (tertiary alicyclic amines) is 1. The molecule has 2 rings (SSSR count). The van der Waals surface area contributed by atoms with Crippen molar-refractivity contribution in [1.29, 1.82) is 0 Å². The molecule has 0 amide bonds. The second kappa shape index (κ2) is 5.51. The summed E-state index contributed by atoms with van der Waals surface area (Å²) in [6, 6.07) is 4.03. The van der Waals surface area contributed by atoms with Gasteiger partial charge in [-0.3, -0.25) is 0 Å². The fourth-order valence-corrected chi connectivity index (χ4v) is 3.60. The molecular weight excluding hydrogens is 280 g/mol. The number of aryl methyl sites for hydroxylation is 1. The summed E-state index contributed by atoms with van der Waals surface area (Å²) in [5.41, 5.74) is 0.550. The van der Waals surface area contributed by atoms with Gasteiger partial charge in [0.05, 0.1) is 10.5 Å². The number of rotatable bonds is 4. The van der Waals surface area contributed by atoms with Gasteiger partial charge >= 0.3 is 5.97 Å². The number of nitrogens with one attached hydrogen (secondary N) is 1. The number of hydrogen-bond acceptors (Lipinski definition) is 4. The molecule has 0 bridgehead atoms. The number of nitrogens with zero attached hydrogens (tertiary/aromatic N) is 1. The largest absolute Gasteiger partial charge is 0.478 e. The predicted molar refractivity (Wildman–Crippen MR) is 74.4 cm³/mol. The first kappa shape index (κ1) is 15.0. The van der Waals surface area contributed by atoms with E-state index >= 15 is 0 Å². The maximum atomic E-state index is 12.3. The standard InChI is InChI=1S/C13H18N2O4S/c1-9-3-4-11(7-12(9)13(16)17)20(18,19)14-10-5-6-15(2)8-10/h3-4,7,10,14H,5-6,8H2,1-2H3,(H,16,17). The van der Waals surface area contributed by atoms with Crippen molar-refractivity contribution >= 4 is 16.0 Å². The number of carboxylic acid groups (broad SMARTS) is 1. The van der Waals surface area contributed by atoms with Crippen LogP contribution in [0.2, 0.25) is 0 Å². The Kier molecular flexibility index (Phi) is 4.12. The highest BCUT2D eigenvalue weighted by atomic mass is 32.2. The number of hydrogen-bond donors (Lipinski definition) is 2. The second-order valence-corrected chi connectivity index (χ2v) is 6.86. The molecule has 1 fully saturated rings. The molecule has 1 aliphatic heterocycles. The van der Waals surface area contributed by atoms with E-state index in [-0.39, 0.29) is 16.5 Å². The smallest absolute Gasteiger partial charge is 0.335 e. The molecule has 0 radical (unpaired) electrons. The van der Waals surface area contributed by atoms with Crippen LogP contribution in [0.5, 0.6) is 0 Å². The molecule has 1 aromatic rings. The number of benzene rings is 1. The first-order chi connectivity index (χ1) is 9.29. The molecule has 7 heteroatoms. The van der Waals surface area contributed by atoms with Crippen molar-refractivity contribution in [2.45, 2.75) is 24.3 Å². The summed E-state index contributed by atoms with van der Waals surface area (Å²) >= 11 is 0. The van der Waals surface area contributed by atoms with E-state index < -0.39 is 16.0 Å². The molecule has 20 heavy (non-hydrogen) atoms. The van der Waals surface area contributed by atoms with Gasteiger partial charge in [-0.2, -0.15) is 0 Å². The summed E-state index contributed by atoms with van der Waals surface area (Å²) in [7, 11) is -1.75. The van der Waals surface area contributed by atoms with Crippen LogP contribution in [0.1, 0.15) is 22.3 Å². The van der Waals surface area contributed by atoms with Gasteiger partial charge in [0.1, 0.15) is 0 Å². The van der Waals surface area contributed by atoms with E-state index in [1.807, 2.05) is 11.9 Å². The van der Waals surface area contributed by atoms with Crippen LogP contribution >= 0.6 is 0 Å². The lowest BCUT2D eigenvalue weighted by molar-refractivity contribution is 0.0696. The molecule has 1 aromatic carbocycles. The van der Waals surface area contributed by atoms with Gasteiger partial charge < -0.3 is 10.0 Å². The van der Waals surface area contributed by atoms with E-state index in [2.05, 4.69) is 4.72 Å². The van der Waals surface area contributed by atoms with Gasteiger partial charge in [-0.25, -0.2) is 17.9 Å². The van der Waals surface area contributed by atoms with Gasteiger partial charge in [-0.15, -0.1) is 0 Å². The average molecular weight is 298 g/mol. The lowest BCUT2D eigenvalue weighted by atomic mass is 10.1. The maximum Gasteiger partial charge on any atom is 0.335 e. The van der Waals surface area contributed by atoms with E-state index in [0.717, 1.165) is 13.0 Å². The van der Waals surface area contributed by atoms with Gasteiger partial charge in [0.25, 0.3) is 0 Å². The fourth-order valence-electron chi connectivity index (χ4n) is 2.32. The van der Waals surface area contributed by atoms with Gasteiger partial charge in [-0.05, 0) is 44.6 Å². The molecule has 1 heterocycles. The summed E-state index contributed by atoms with van der Waals surface area (Å²) in [5, 5.41) is 9.05. The van der Waals surface area contributed by atoms with Crippen LogP contribution in [-0.4, -0.2) is 50.6 Å². The van der Waals surface area contributed by atoms with Gasteiger partial charge in [0.15, 0.2) is 0 Å². The highest BCUT2D eigenvalue weighted by Gasteiger charge is 2.26. The number of carbonyl (C=O) groups is 1. The Bertz CT molecular complexity index is 627. The Balaban J connectivity index is 2.25. The van der Waals surface area contributed by atoms with Gasteiger partial charge in [0, 0.05) is 12.6 Å². The monoisotopic (exact) mass is 298 g/mol. The van der Waals surface area contributed by atoms with Crippen molar-refractivity contribution in [2.24, 2.45) is 0 Å². The van der Waals surface area contributed by atoms with Gasteiger partial charge in [0.2, 0.25) is 10.0 Å². The maximum absolute atomic E-state index is 12.3. The minimum absolute atomic E-state index is 0.00458. The van der Waals surface area contributed by atoms with Crippen molar-refractivity contribution in [3.63, 3.8) is 0 Å². The molecule has 1 aliphatic rings. The third kappa shape index (κ3) is 3.17. The minimum Gasteiger partial charge on any atom is -0.478 e. The van der Waals surface area contributed by atoms with Gasteiger partial charge in [-0.1, -0.05) is 6.07 Å². The minimum atomic E-state index is -3.68. The van der Waals surface area contributed by atoms with E-state index in [9.17, 15) is 13.2 Å². The lowest BCUT2D eigenvalue weighted by Gasteiger charge is -2.14. The highest BCUT2D eigenvalue weighted by molar-refractivity contribution is 7.89. The van der Waals surface area contributed by atoms with E-state index in [1.54, 1.807) is 6.92 Å². The summed E-state index contributed by atoms with van der Waals surface area (Å²) in [4.78, 5) is 13.1. The molecule has 1 unspecified atom stereocenters. The normalized spacial score (nSPS) is 20.2. The van der Waals surface area contributed by atoms with E-state index in [0.29, 0.717) is 12.1 Å². The number of likely N-dealkylation sites (N-methyl/N-ethyl adjacent to an activating group) is 1. The van der Waals surface area contributed by atoms with Crippen molar-refractivity contribution < 1.29 is 18.3 Å². The van der Waals surface area contributed by atoms with Crippen LogP contribution in [0.4, 0.5) is 0 Å². The SMILES string of the molecule is Cc1ccc(S(=O)(=O)NC2CCN(C)C2)cc1C(=O)O. The van der Waals surface area contributed by atoms with Crippen LogP contribution in [0, 0.1) is 6.92 Å². The quantitative estimate of drug-likeness (QED) is 0.853. The first-order valence-corrected chi connectivity index (χ1v) is 7.83. The molecule has 6 nitrogen and oxygen atoms in total. The third-order valence-corrected chi connectivity index (χ3v) is 4.98. The van der Waals surface area contributed by atoms with Crippen LogP contribution < -0.4 is 4.72 Å². The van der Waals surface area contributed by atoms with Crippen molar-refractivity contribution in [1.82, 2.24) is 9.62 Å². The number of sulfonamides is 1. The fraction of sp³-hybridized carbons (Fsp3) is 0.462. The van der Waals surface area contributed by atoms with Crippen LogP contribution in [0.3, 0.4) is 0 Å². The zero-order valence-electron chi connectivity index (χ0n) is 11.5. The zero-order valence-corrected chi connectivity index (χ0v) is 12.3. The zero-order chi connectivity index (χ0) is 14.9. The summed E-state index contributed by atoms with van der Waals surface area (Å²) in [5.74, 6) is -1.12. The van der Waals surface area contributed by atoms with E-state index in [4.69, 9.17) is 5.11 Å². The Morgan fingerprint density at radius 3 is 2.70 bits per heavy atom. The van der Waals surface area contributed by atoms with Crippen LogP contribution in [0.15, 0.2) is 23.1 Å². The number of aromatic carboxylic acids is 1. The Hall–Kier alpha value is -1.44. The molecule has 0 aliphatic carbocycles. The number of carboxylic acids is 1. The second-order valence-electron chi connectivity index (χ2n) is 5.15. The third-order valence-electron chi connectivity index (χ3n) is 3.46. The van der Waals surface area contributed by atoms with Crippen molar-refractivity contribution in [3.8, 4) is 0 Å². The molecular formula is C13H18N2O4S. The summed E-state index contributed by atoms with van der Waals surface area (Å²) < 4.78 is 27.1. The molecule has 2 N–H and O–H groups in total. The first-order valence-electron chi connectivity index (χ1n) is 6.34. The van der Waals surface area contributed by atoms with Crippen molar-refractivity contribution in [3.05, 3.63) is 29.3 Å². The predicted octanol–water partition coefficient (Wildman–Crippen LogP) is 0.676. The molecule has 1 atom stereocenters. The Morgan fingerprint density at radius 1 is 1.45 bits per heavy atom. The summed E-state index contributed by atoms with van der Waals surface area (Å²) in [6.07, 6.45) is 0.757. The van der Waals surface area contributed by atoms with E-state index in [1.165, 1.54) is 18.2 Å². The lowest BCUT2D eigenvalue weighted by Crippen LogP contribution is -2.36. The van der Waals surface area contributed by atoms with Crippen LogP contribution in [0.25, 0.3) is 0 Å². The molecule has 0 aromatic heterocycles. The van der Waals surface area contributed by atoms with Crippen molar-refractivity contribution in [2.75, 3.05) is 20.1 Å². The summed E-state index contributed by atoms with van der Waals surface area (Å²) in [6.45, 7) is 3.15.